The molecule has 0 aromatic carbocycles. The first-order chi connectivity index (χ1) is 10.3. The highest BCUT2D eigenvalue weighted by molar-refractivity contribution is 5.93. The number of amides is 1. The van der Waals surface area contributed by atoms with Gasteiger partial charge < -0.3 is 15.2 Å². The number of nitrogens with zero attached hydrogens (tertiary/aromatic N) is 2. The number of nitrogens with one attached hydrogen (secondary N) is 2. The predicted octanol–water partition coefficient (Wildman–Crippen LogP) is 2.31. The first kappa shape index (κ1) is 19.4. The minimum absolute atomic E-state index is 0. The summed E-state index contributed by atoms with van der Waals surface area (Å²) in [4.78, 5) is 15.9. The van der Waals surface area contributed by atoms with Gasteiger partial charge in [0.1, 0.15) is 0 Å². The largest absolute Gasteiger partial charge is 0.355 e. The highest BCUT2D eigenvalue weighted by Crippen LogP contribution is 2.19. The summed E-state index contributed by atoms with van der Waals surface area (Å²) >= 11 is 0. The summed E-state index contributed by atoms with van der Waals surface area (Å²) in [5.41, 5.74) is 1.17. The first-order valence-electron chi connectivity index (χ1n) is 7.19. The van der Waals surface area contributed by atoms with Crippen LogP contribution >= 0.6 is 24.8 Å². The van der Waals surface area contributed by atoms with Crippen LogP contribution in [0, 0.1) is 5.92 Å². The average molecular weight is 359 g/mol. The zero-order chi connectivity index (χ0) is 14.5. The molecule has 0 radical (unpaired) electrons. The summed E-state index contributed by atoms with van der Waals surface area (Å²) in [7, 11) is 0. The van der Waals surface area contributed by atoms with Crippen molar-refractivity contribution >= 4 is 30.7 Å². The molecule has 6 nitrogen and oxygen atoms in total. The fourth-order valence-corrected chi connectivity index (χ4v) is 2.48. The molecule has 1 aliphatic rings. The number of carbonyl (C=O) groups is 1. The summed E-state index contributed by atoms with van der Waals surface area (Å²) in [6, 6.07) is 5.28. The Bertz CT molecular complexity index is 601. The van der Waals surface area contributed by atoms with Crippen LogP contribution < -0.4 is 10.6 Å². The van der Waals surface area contributed by atoms with Gasteiger partial charge in [-0.3, -0.25) is 9.78 Å². The van der Waals surface area contributed by atoms with E-state index in [0.717, 1.165) is 25.1 Å². The van der Waals surface area contributed by atoms with E-state index >= 15 is 0 Å². The molecule has 3 rings (SSSR count). The van der Waals surface area contributed by atoms with Gasteiger partial charge >= 0.3 is 0 Å². The quantitative estimate of drug-likeness (QED) is 0.857. The molecule has 23 heavy (non-hydrogen) atoms. The molecule has 8 heteroatoms. The van der Waals surface area contributed by atoms with Crippen molar-refractivity contribution in [3.8, 4) is 11.3 Å². The topological polar surface area (TPSA) is 80.0 Å². The Kier molecular flexibility index (Phi) is 8.02. The van der Waals surface area contributed by atoms with E-state index in [2.05, 4.69) is 20.8 Å². The number of carbonyl (C=O) groups excluding carboxylic acids is 1. The number of pyridine rings is 1. The highest BCUT2D eigenvalue weighted by Gasteiger charge is 2.16. The first-order valence-corrected chi connectivity index (χ1v) is 7.19. The van der Waals surface area contributed by atoms with E-state index in [1.54, 1.807) is 18.5 Å². The summed E-state index contributed by atoms with van der Waals surface area (Å²) < 4.78 is 5.20. The number of hydrogen-bond acceptors (Lipinski definition) is 5. The Hall–Kier alpha value is -1.63. The van der Waals surface area contributed by atoms with Gasteiger partial charge in [0.15, 0.2) is 11.5 Å². The van der Waals surface area contributed by atoms with Crippen LogP contribution in [0.4, 0.5) is 0 Å². The van der Waals surface area contributed by atoms with Gasteiger partial charge in [-0.2, -0.15) is 0 Å². The fraction of sp³-hybridized carbons (Fsp3) is 0.400. The molecule has 0 bridgehead atoms. The molecule has 1 atom stereocenters. The van der Waals surface area contributed by atoms with Crippen molar-refractivity contribution in [3.63, 3.8) is 0 Å². The van der Waals surface area contributed by atoms with Crippen LogP contribution in [-0.2, 0) is 0 Å². The molecule has 126 valence electrons. The maximum atomic E-state index is 12.0. The van der Waals surface area contributed by atoms with Gasteiger partial charge in [0.25, 0.3) is 5.91 Å². The van der Waals surface area contributed by atoms with E-state index in [1.807, 2.05) is 12.1 Å². The highest BCUT2D eigenvalue weighted by atomic mass is 35.5. The van der Waals surface area contributed by atoms with E-state index in [-0.39, 0.29) is 30.7 Å². The van der Waals surface area contributed by atoms with Gasteiger partial charge in [-0.05, 0) is 44.0 Å². The van der Waals surface area contributed by atoms with Gasteiger partial charge in [0, 0.05) is 30.6 Å². The van der Waals surface area contributed by atoms with Crippen molar-refractivity contribution < 1.29 is 9.32 Å². The minimum atomic E-state index is -0.190. The lowest BCUT2D eigenvalue weighted by molar-refractivity contribution is 0.0942. The van der Waals surface area contributed by atoms with Crippen molar-refractivity contribution in [1.29, 1.82) is 0 Å². The molecule has 1 saturated heterocycles. The van der Waals surface area contributed by atoms with Crippen molar-refractivity contribution in [2.75, 3.05) is 19.6 Å². The van der Waals surface area contributed by atoms with Crippen molar-refractivity contribution in [2.45, 2.75) is 12.8 Å². The van der Waals surface area contributed by atoms with E-state index in [1.165, 1.54) is 6.42 Å². The molecular formula is C15H20Cl2N4O2. The Labute approximate surface area is 147 Å². The van der Waals surface area contributed by atoms with E-state index in [9.17, 15) is 4.79 Å². The number of halogens is 2. The molecule has 2 N–H and O–H groups in total. The Morgan fingerprint density at radius 3 is 2.83 bits per heavy atom. The normalized spacial score (nSPS) is 16.3. The molecule has 1 aliphatic heterocycles. The number of rotatable bonds is 5. The smallest absolute Gasteiger partial charge is 0.273 e. The summed E-state index contributed by atoms with van der Waals surface area (Å²) in [6.07, 6.45) is 5.53. The molecule has 1 unspecified atom stereocenters. The van der Waals surface area contributed by atoms with Gasteiger partial charge in [-0.1, -0.05) is 5.16 Å². The third-order valence-corrected chi connectivity index (χ3v) is 3.71. The number of hydrogen-bond donors (Lipinski definition) is 2. The number of aromatic nitrogens is 2. The van der Waals surface area contributed by atoms with Crippen molar-refractivity contribution in [2.24, 2.45) is 5.92 Å². The van der Waals surface area contributed by atoms with Crippen LogP contribution in [0.1, 0.15) is 23.3 Å². The lowest BCUT2D eigenvalue weighted by atomic mass is 10.1. The molecular weight excluding hydrogens is 339 g/mol. The zero-order valence-electron chi connectivity index (χ0n) is 12.5. The lowest BCUT2D eigenvalue weighted by Gasteiger charge is -2.07. The van der Waals surface area contributed by atoms with Crippen LogP contribution in [0.25, 0.3) is 11.3 Å². The van der Waals surface area contributed by atoms with Gasteiger partial charge in [-0.25, -0.2) is 0 Å². The maximum Gasteiger partial charge on any atom is 0.273 e. The molecule has 3 heterocycles. The molecule has 0 spiro atoms. The molecule has 1 amide bonds. The van der Waals surface area contributed by atoms with E-state index < -0.39 is 0 Å². The molecule has 0 saturated carbocycles. The Balaban J connectivity index is 0.00000132. The second-order valence-electron chi connectivity index (χ2n) is 5.22. The average Bonchev–Trinajstić information content (AvgIpc) is 3.20. The molecule has 1 fully saturated rings. The standard InChI is InChI=1S/C15H18N4O2.2ClH/c20-15(18-8-2-11-1-5-17-10-11)13-9-14(21-19-13)12-3-6-16-7-4-12;;/h3-4,6-7,9,11,17H,1-2,5,8,10H2,(H,18,20);2*1H. The van der Waals surface area contributed by atoms with Crippen LogP contribution in [0.3, 0.4) is 0 Å². The molecule has 2 aromatic rings. The second-order valence-corrected chi connectivity index (χ2v) is 5.22. The fourth-order valence-electron chi connectivity index (χ4n) is 2.48. The van der Waals surface area contributed by atoms with Gasteiger partial charge in [-0.15, -0.1) is 24.8 Å². The Morgan fingerprint density at radius 1 is 1.35 bits per heavy atom. The third-order valence-electron chi connectivity index (χ3n) is 3.71. The van der Waals surface area contributed by atoms with Crippen LogP contribution in [0.2, 0.25) is 0 Å². The summed E-state index contributed by atoms with van der Waals surface area (Å²) in [5, 5.41) is 10.0. The van der Waals surface area contributed by atoms with Crippen molar-refractivity contribution in [1.82, 2.24) is 20.8 Å². The van der Waals surface area contributed by atoms with Crippen LogP contribution in [-0.4, -0.2) is 35.7 Å². The van der Waals surface area contributed by atoms with Crippen molar-refractivity contribution in [3.05, 3.63) is 36.3 Å². The third kappa shape index (κ3) is 5.20. The SMILES string of the molecule is Cl.Cl.O=C(NCCC1CCNC1)c1cc(-c2ccncc2)on1. The lowest BCUT2D eigenvalue weighted by Crippen LogP contribution is -2.26. The van der Waals surface area contributed by atoms with E-state index in [4.69, 9.17) is 4.52 Å². The zero-order valence-corrected chi connectivity index (χ0v) is 14.2. The maximum absolute atomic E-state index is 12.0. The van der Waals surface area contributed by atoms with Crippen LogP contribution in [0.15, 0.2) is 35.1 Å². The summed E-state index contributed by atoms with van der Waals surface area (Å²) in [5.74, 6) is 1.04. The molecule has 0 aliphatic carbocycles. The monoisotopic (exact) mass is 358 g/mol. The van der Waals surface area contributed by atoms with Gasteiger partial charge in [0.2, 0.25) is 0 Å². The van der Waals surface area contributed by atoms with Gasteiger partial charge in [0.05, 0.1) is 0 Å². The van der Waals surface area contributed by atoms with E-state index in [0.29, 0.717) is 23.9 Å². The predicted molar refractivity (Wildman–Crippen MR) is 92.2 cm³/mol. The molecule has 2 aromatic heterocycles. The van der Waals surface area contributed by atoms with Crippen LogP contribution in [0.5, 0.6) is 0 Å². The minimum Gasteiger partial charge on any atom is -0.355 e. The summed E-state index contributed by atoms with van der Waals surface area (Å²) in [6.45, 7) is 2.80. The Morgan fingerprint density at radius 2 is 2.13 bits per heavy atom. The second kappa shape index (κ2) is 9.50.